The van der Waals surface area contributed by atoms with E-state index in [1.165, 1.54) is 0 Å². The van der Waals surface area contributed by atoms with Gasteiger partial charge in [-0.2, -0.15) is 0 Å². The lowest BCUT2D eigenvalue weighted by Crippen LogP contribution is -2.45. The molecule has 1 fully saturated rings. The first kappa shape index (κ1) is 12.5. The second-order valence-electron chi connectivity index (χ2n) is 4.21. The first-order valence-corrected chi connectivity index (χ1v) is 5.87. The van der Waals surface area contributed by atoms with Crippen LogP contribution in [-0.4, -0.2) is 41.1 Å². The van der Waals surface area contributed by atoms with E-state index in [4.69, 9.17) is 10.8 Å². The first-order chi connectivity index (χ1) is 7.20. The number of likely N-dealkylation sites (tertiary alicyclic amines) is 1. The van der Waals surface area contributed by atoms with Gasteiger partial charge in [0.15, 0.2) is 0 Å². The number of hydrogen-bond acceptors (Lipinski definition) is 3. The van der Waals surface area contributed by atoms with Gasteiger partial charge in [-0.1, -0.05) is 6.92 Å². The Morgan fingerprint density at radius 1 is 1.67 bits per heavy atom. The Labute approximate surface area is 91.4 Å². The van der Waals surface area contributed by atoms with E-state index in [1.807, 2.05) is 11.8 Å². The number of carbonyl (C=O) groups is 1. The van der Waals surface area contributed by atoms with Crippen molar-refractivity contribution in [3.05, 3.63) is 0 Å². The van der Waals surface area contributed by atoms with Crippen LogP contribution in [0.4, 0.5) is 0 Å². The molecule has 0 spiro atoms. The minimum atomic E-state index is -0.347. The molecular formula is C11H22N2O2. The third-order valence-corrected chi connectivity index (χ3v) is 3.11. The Bertz CT molecular complexity index is 209. The molecule has 1 heterocycles. The van der Waals surface area contributed by atoms with Gasteiger partial charge >= 0.3 is 0 Å². The van der Waals surface area contributed by atoms with Crippen molar-refractivity contribution >= 4 is 5.91 Å². The topological polar surface area (TPSA) is 66.6 Å². The van der Waals surface area contributed by atoms with E-state index in [0.717, 1.165) is 32.2 Å². The first-order valence-electron chi connectivity index (χ1n) is 5.87. The van der Waals surface area contributed by atoms with Crippen molar-refractivity contribution in [2.75, 3.05) is 13.2 Å². The molecule has 0 radical (unpaired) electrons. The molecule has 1 aliphatic heterocycles. The van der Waals surface area contributed by atoms with Gasteiger partial charge in [0.2, 0.25) is 5.91 Å². The average Bonchev–Trinajstić information content (AvgIpc) is 2.72. The Hall–Kier alpha value is -0.610. The van der Waals surface area contributed by atoms with Crippen LogP contribution in [-0.2, 0) is 4.79 Å². The Balaban J connectivity index is 2.48. The Kier molecular flexibility index (Phi) is 5.05. The monoisotopic (exact) mass is 214 g/mol. The Morgan fingerprint density at radius 3 is 3.00 bits per heavy atom. The fourth-order valence-electron chi connectivity index (χ4n) is 2.14. The molecule has 0 saturated carbocycles. The molecule has 1 rings (SSSR count). The number of hydrogen-bond donors (Lipinski definition) is 2. The highest BCUT2D eigenvalue weighted by Gasteiger charge is 2.30. The number of nitrogens with two attached hydrogens (primary N) is 1. The van der Waals surface area contributed by atoms with E-state index < -0.39 is 0 Å². The van der Waals surface area contributed by atoms with Gasteiger partial charge in [-0.3, -0.25) is 4.79 Å². The molecule has 2 unspecified atom stereocenters. The molecule has 2 atom stereocenters. The van der Waals surface area contributed by atoms with Crippen molar-refractivity contribution in [3.8, 4) is 0 Å². The largest absolute Gasteiger partial charge is 0.396 e. The molecule has 88 valence electrons. The van der Waals surface area contributed by atoms with E-state index in [1.54, 1.807) is 0 Å². The number of carbonyl (C=O) groups excluding carboxylic acids is 1. The fourth-order valence-corrected chi connectivity index (χ4v) is 2.14. The normalized spacial score (nSPS) is 23.1. The summed E-state index contributed by atoms with van der Waals surface area (Å²) in [7, 11) is 0. The summed E-state index contributed by atoms with van der Waals surface area (Å²) in [5, 5.41) is 8.78. The molecule has 0 bridgehead atoms. The van der Waals surface area contributed by atoms with E-state index in [9.17, 15) is 4.79 Å². The third kappa shape index (κ3) is 3.18. The van der Waals surface area contributed by atoms with Gasteiger partial charge in [0.05, 0.1) is 6.04 Å². The lowest BCUT2D eigenvalue weighted by Gasteiger charge is -2.27. The molecule has 0 aliphatic carbocycles. The van der Waals surface area contributed by atoms with Crippen molar-refractivity contribution in [1.82, 2.24) is 4.90 Å². The molecule has 15 heavy (non-hydrogen) atoms. The minimum absolute atomic E-state index is 0.0814. The summed E-state index contributed by atoms with van der Waals surface area (Å²) >= 11 is 0. The molecule has 0 aromatic heterocycles. The van der Waals surface area contributed by atoms with Crippen molar-refractivity contribution in [1.29, 1.82) is 0 Å². The summed E-state index contributed by atoms with van der Waals surface area (Å²) in [6.07, 6.45) is 4.50. The van der Waals surface area contributed by atoms with Crippen molar-refractivity contribution in [2.45, 2.75) is 51.1 Å². The van der Waals surface area contributed by atoms with Crippen LogP contribution in [0, 0.1) is 0 Å². The van der Waals surface area contributed by atoms with Crippen LogP contribution in [0.25, 0.3) is 0 Å². The number of rotatable bonds is 5. The highest BCUT2D eigenvalue weighted by molar-refractivity contribution is 5.82. The van der Waals surface area contributed by atoms with Crippen molar-refractivity contribution in [3.63, 3.8) is 0 Å². The molecule has 4 heteroatoms. The summed E-state index contributed by atoms with van der Waals surface area (Å²) < 4.78 is 0. The standard InChI is InChI=1S/C11H22N2O2/c1-2-10(12)11(15)13-7-3-5-9(13)6-4-8-14/h9-10,14H,2-8,12H2,1H3. The third-order valence-electron chi connectivity index (χ3n) is 3.11. The highest BCUT2D eigenvalue weighted by atomic mass is 16.3. The van der Waals surface area contributed by atoms with E-state index in [0.29, 0.717) is 12.5 Å². The SMILES string of the molecule is CCC(N)C(=O)N1CCCC1CCCO. The van der Waals surface area contributed by atoms with E-state index in [-0.39, 0.29) is 18.6 Å². The van der Waals surface area contributed by atoms with Crippen LogP contribution < -0.4 is 5.73 Å². The molecule has 0 aromatic rings. The maximum Gasteiger partial charge on any atom is 0.239 e. The van der Waals surface area contributed by atoms with Gasteiger partial charge in [-0.05, 0) is 32.1 Å². The number of aliphatic hydroxyl groups is 1. The predicted molar refractivity (Wildman–Crippen MR) is 59.3 cm³/mol. The maximum atomic E-state index is 11.9. The zero-order valence-electron chi connectivity index (χ0n) is 9.48. The van der Waals surface area contributed by atoms with Gasteiger partial charge in [0.25, 0.3) is 0 Å². The van der Waals surface area contributed by atoms with Crippen LogP contribution >= 0.6 is 0 Å². The molecular weight excluding hydrogens is 192 g/mol. The zero-order chi connectivity index (χ0) is 11.3. The molecule has 4 nitrogen and oxygen atoms in total. The van der Waals surface area contributed by atoms with Gasteiger partial charge in [0, 0.05) is 19.2 Å². The summed E-state index contributed by atoms with van der Waals surface area (Å²) in [5.41, 5.74) is 5.75. The number of amides is 1. The molecule has 0 aromatic carbocycles. The Morgan fingerprint density at radius 2 is 2.40 bits per heavy atom. The van der Waals surface area contributed by atoms with Gasteiger partial charge in [-0.25, -0.2) is 0 Å². The number of aliphatic hydroxyl groups excluding tert-OH is 1. The quantitative estimate of drug-likeness (QED) is 0.700. The highest BCUT2D eigenvalue weighted by Crippen LogP contribution is 2.22. The summed E-state index contributed by atoms with van der Waals surface area (Å²) in [6, 6.07) is -0.0398. The van der Waals surface area contributed by atoms with Gasteiger partial charge in [-0.15, -0.1) is 0 Å². The van der Waals surface area contributed by atoms with Crippen LogP contribution in [0.2, 0.25) is 0 Å². The van der Waals surface area contributed by atoms with Gasteiger partial charge in [0.1, 0.15) is 0 Å². The van der Waals surface area contributed by atoms with Crippen LogP contribution in [0.1, 0.15) is 39.0 Å². The maximum absolute atomic E-state index is 11.9. The molecule has 3 N–H and O–H groups in total. The minimum Gasteiger partial charge on any atom is -0.396 e. The lowest BCUT2D eigenvalue weighted by atomic mass is 10.1. The van der Waals surface area contributed by atoms with Crippen LogP contribution in [0.3, 0.4) is 0 Å². The second-order valence-corrected chi connectivity index (χ2v) is 4.21. The van der Waals surface area contributed by atoms with Gasteiger partial charge < -0.3 is 15.7 Å². The molecule has 1 saturated heterocycles. The summed E-state index contributed by atoms with van der Waals surface area (Å²) in [6.45, 7) is 2.97. The van der Waals surface area contributed by atoms with Crippen molar-refractivity contribution < 1.29 is 9.90 Å². The smallest absolute Gasteiger partial charge is 0.239 e. The predicted octanol–water partition coefficient (Wildman–Crippen LogP) is 0.487. The van der Waals surface area contributed by atoms with Crippen molar-refractivity contribution in [2.24, 2.45) is 5.73 Å². The number of nitrogens with zero attached hydrogens (tertiary/aromatic N) is 1. The zero-order valence-corrected chi connectivity index (χ0v) is 9.48. The summed E-state index contributed by atoms with van der Waals surface area (Å²) in [5.74, 6) is 0.0814. The second kappa shape index (κ2) is 6.08. The van der Waals surface area contributed by atoms with Crippen LogP contribution in [0.15, 0.2) is 0 Å². The average molecular weight is 214 g/mol. The van der Waals surface area contributed by atoms with Crippen LogP contribution in [0.5, 0.6) is 0 Å². The fraction of sp³-hybridized carbons (Fsp3) is 0.909. The summed E-state index contributed by atoms with van der Waals surface area (Å²) in [4.78, 5) is 13.8. The van der Waals surface area contributed by atoms with E-state index in [2.05, 4.69) is 0 Å². The molecule has 1 aliphatic rings. The van der Waals surface area contributed by atoms with E-state index >= 15 is 0 Å². The lowest BCUT2D eigenvalue weighted by molar-refractivity contribution is -0.133. The molecule has 1 amide bonds.